The molecule has 0 atom stereocenters. The van der Waals surface area contributed by atoms with Gasteiger partial charge in [0.15, 0.2) is 12.6 Å². The van der Waals surface area contributed by atoms with Gasteiger partial charge < -0.3 is 21.1 Å². The smallest absolute Gasteiger partial charge is 0.255 e. The number of amides is 1. The molecule has 0 heterocycles. The molecule has 0 fully saturated rings. The Hall–Kier alpha value is -3.09. The fourth-order valence-corrected chi connectivity index (χ4v) is 2.43. The van der Waals surface area contributed by atoms with Crippen molar-refractivity contribution in [1.82, 2.24) is 10.6 Å². The number of hydrogen-bond acceptors (Lipinski definition) is 3. The van der Waals surface area contributed by atoms with E-state index in [1.165, 1.54) is 12.1 Å². The topological polar surface area (TPSA) is 88.7 Å². The predicted octanol–water partition coefficient (Wildman–Crippen LogP) is 1.64. The maximum absolute atomic E-state index is 12.9. The molecule has 0 spiro atoms. The molecule has 1 amide bonds. The van der Waals surface area contributed by atoms with Crippen molar-refractivity contribution in [2.75, 3.05) is 26.7 Å². The Morgan fingerprint density at radius 2 is 1.52 bits per heavy atom. The van der Waals surface area contributed by atoms with E-state index in [1.54, 1.807) is 19.2 Å². The molecule has 0 aromatic heterocycles. The summed E-state index contributed by atoms with van der Waals surface area (Å²) >= 11 is 0. The van der Waals surface area contributed by atoms with Gasteiger partial charge in [-0.1, -0.05) is 24.3 Å². The van der Waals surface area contributed by atoms with E-state index in [0.717, 1.165) is 36.5 Å². The first kappa shape index (κ1) is 20.2. The van der Waals surface area contributed by atoms with Crippen LogP contribution in [0.1, 0.15) is 11.1 Å². The van der Waals surface area contributed by atoms with E-state index < -0.39 is 5.91 Å². The molecule has 0 unspecified atom stereocenters. The Labute approximate surface area is 158 Å². The average molecular weight is 372 g/mol. The third-order valence-corrected chi connectivity index (χ3v) is 3.85. The normalized spacial score (nSPS) is 11.1. The summed E-state index contributed by atoms with van der Waals surface area (Å²) in [5.41, 5.74) is 7.25. The first-order valence-corrected chi connectivity index (χ1v) is 8.76. The van der Waals surface area contributed by atoms with Crippen molar-refractivity contribution in [2.24, 2.45) is 10.7 Å². The zero-order chi connectivity index (χ0) is 19.5. The van der Waals surface area contributed by atoms with Gasteiger partial charge in [0.1, 0.15) is 11.6 Å². The van der Waals surface area contributed by atoms with Crippen LogP contribution in [0.15, 0.2) is 53.5 Å². The highest BCUT2D eigenvalue weighted by Crippen LogP contribution is 2.12. The van der Waals surface area contributed by atoms with Crippen LogP contribution >= 0.6 is 0 Å². The fraction of sp³-hybridized carbons (Fsp3) is 0.300. The Morgan fingerprint density at radius 1 is 1.00 bits per heavy atom. The molecular formula is C20H25FN4O2. The van der Waals surface area contributed by atoms with E-state index in [1.807, 2.05) is 24.3 Å². The minimum absolute atomic E-state index is 0.124. The maximum Gasteiger partial charge on any atom is 0.255 e. The van der Waals surface area contributed by atoms with E-state index in [2.05, 4.69) is 15.6 Å². The van der Waals surface area contributed by atoms with Crippen LogP contribution in [-0.4, -0.2) is 38.6 Å². The van der Waals surface area contributed by atoms with E-state index in [4.69, 9.17) is 10.5 Å². The summed E-state index contributed by atoms with van der Waals surface area (Å²) in [5.74, 6) is 0.612. The first-order valence-electron chi connectivity index (χ1n) is 8.76. The highest BCUT2D eigenvalue weighted by atomic mass is 19.1. The first-order chi connectivity index (χ1) is 13.1. The molecule has 0 saturated heterocycles. The van der Waals surface area contributed by atoms with Gasteiger partial charge in [-0.05, 0) is 48.2 Å². The van der Waals surface area contributed by atoms with E-state index in [9.17, 15) is 9.18 Å². The SMILES string of the molecule is CN=C(NCCc1ccc(F)cc1)NCCc1ccc(OCC(N)=O)cc1. The average Bonchev–Trinajstić information content (AvgIpc) is 2.67. The lowest BCUT2D eigenvalue weighted by Crippen LogP contribution is -2.39. The zero-order valence-electron chi connectivity index (χ0n) is 15.4. The monoisotopic (exact) mass is 372 g/mol. The third-order valence-electron chi connectivity index (χ3n) is 3.85. The summed E-state index contributed by atoms with van der Waals surface area (Å²) in [5, 5.41) is 6.49. The molecular weight excluding hydrogens is 347 g/mol. The fourth-order valence-electron chi connectivity index (χ4n) is 2.43. The van der Waals surface area contributed by atoms with Gasteiger partial charge >= 0.3 is 0 Å². The minimum Gasteiger partial charge on any atom is -0.484 e. The Morgan fingerprint density at radius 3 is 2.00 bits per heavy atom. The number of nitrogens with one attached hydrogen (secondary N) is 2. The molecule has 0 bridgehead atoms. The standard InChI is InChI=1S/C20H25FN4O2/c1-23-20(24-12-10-15-2-6-17(21)7-3-15)25-13-11-16-4-8-18(9-5-16)27-14-19(22)26/h2-9H,10-14H2,1H3,(H2,22,26)(H2,23,24,25). The molecule has 0 radical (unpaired) electrons. The van der Waals surface area contributed by atoms with Gasteiger partial charge in [-0.25, -0.2) is 4.39 Å². The van der Waals surface area contributed by atoms with Crippen LogP contribution in [-0.2, 0) is 17.6 Å². The summed E-state index contributed by atoms with van der Waals surface area (Å²) in [6.07, 6.45) is 1.60. The second-order valence-corrected chi connectivity index (χ2v) is 5.95. The van der Waals surface area contributed by atoms with Gasteiger partial charge in [-0.15, -0.1) is 0 Å². The largest absolute Gasteiger partial charge is 0.484 e. The van der Waals surface area contributed by atoms with Crippen molar-refractivity contribution in [3.8, 4) is 5.75 Å². The Balaban J connectivity index is 1.68. The third kappa shape index (κ3) is 7.77. The molecule has 144 valence electrons. The molecule has 27 heavy (non-hydrogen) atoms. The molecule has 6 nitrogen and oxygen atoms in total. The van der Waals surface area contributed by atoms with Crippen molar-refractivity contribution >= 4 is 11.9 Å². The second kappa shape index (κ2) is 10.8. The minimum atomic E-state index is -0.499. The Kier molecular flexibility index (Phi) is 8.09. The van der Waals surface area contributed by atoms with Crippen LogP contribution in [0.2, 0.25) is 0 Å². The number of nitrogens with zero attached hydrogens (tertiary/aromatic N) is 1. The van der Waals surface area contributed by atoms with Gasteiger partial charge in [0.25, 0.3) is 5.91 Å². The summed E-state index contributed by atoms with van der Waals surface area (Å²) in [4.78, 5) is 14.9. The molecule has 2 rings (SSSR count). The van der Waals surface area contributed by atoms with Gasteiger partial charge in [0.05, 0.1) is 0 Å². The number of ether oxygens (including phenoxy) is 1. The number of primary amides is 1. The number of nitrogens with two attached hydrogens (primary N) is 1. The molecule has 0 aliphatic heterocycles. The van der Waals surface area contributed by atoms with Gasteiger partial charge in [0, 0.05) is 20.1 Å². The van der Waals surface area contributed by atoms with Crippen molar-refractivity contribution in [1.29, 1.82) is 0 Å². The van der Waals surface area contributed by atoms with Crippen LogP contribution in [0.3, 0.4) is 0 Å². The number of benzene rings is 2. The van der Waals surface area contributed by atoms with Crippen LogP contribution in [0.5, 0.6) is 5.75 Å². The number of carbonyl (C=O) groups excluding carboxylic acids is 1. The summed E-state index contributed by atoms with van der Waals surface area (Å²) in [6, 6.07) is 14.0. The number of halogens is 1. The lowest BCUT2D eigenvalue weighted by Gasteiger charge is -2.12. The number of aliphatic imine (C=N–C) groups is 1. The number of guanidine groups is 1. The summed E-state index contributed by atoms with van der Waals surface area (Å²) in [6.45, 7) is 1.30. The zero-order valence-corrected chi connectivity index (χ0v) is 15.4. The highest BCUT2D eigenvalue weighted by molar-refractivity contribution is 5.79. The molecule has 0 saturated carbocycles. The number of hydrogen-bond donors (Lipinski definition) is 3. The highest BCUT2D eigenvalue weighted by Gasteiger charge is 2.01. The number of rotatable bonds is 9. The Bertz CT molecular complexity index is 746. The molecule has 7 heteroatoms. The summed E-state index contributed by atoms with van der Waals surface area (Å²) in [7, 11) is 1.72. The van der Waals surface area contributed by atoms with Crippen LogP contribution in [0.4, 0.5) is 4.39 Å². The van der Waals surface area contributed by atoms with Crippen molar-refractivity contribution in [2.45, 2.75) is 12.8 Å². The second-order valence-electron chi connectivity index (χ2n) is 5.95. The number of carbonyl (C=O) groups is 1. The maximum atomic E-state index is 12.9. The predicted molar refractivity (Wildman–Crippen MR) is 104 cm³/mol. The van der Waals surface area contributed by atoms with E-state index >= 15 is 0 Å². The van der Waals surface area contributed by atoms with Gasteiger partial charge in [-0.3, -0.25) is 9.79 Å². The van der Waals surface area contributed by atoms with E-state index in [0.29, 0.717) is 12.3 Å². The van der Waals surface area contributed by atoms with Crippen molar-refractivity contribution in [3.05, 3.63) is 65.5 Å². The lowest BCUT2D eigenvalue weighted by atomic mass is 10.1. The van der Waals surface area contributed by atoms with E-state index in [-0.39, 0.29) is 12.4 Å². The van der Waals surface area contributed by atoms with Crippen LogP contribution in [0.25, 0.3) is 0 Å². The van der Waals surface area contributed by atoms with Gasteiger partial charge in [-0.2, -0.15) is 0 Å². The van der Waals surface area contributed by atoms with Crippen molar-refractivity contribution in [3.63, 3.8) is 0 Å². The van der Waals surface area contributed by atoms with Crippen LogP contribution in [0, 0.1) is 5.82 Å². The molecule has 2 aromatic carbocycles. The van der Waals surface area contributed by atoms with Gasteiger partial charge in [0.2, 0.25) is 0 Å². The molecule has 0 aliphatic carbocycles. The van der Waals surface area contributed by atoms with Crippen molar-refractivity contribution < 1.29 is 13.9 Å². The quantitative estimate of drug-likeness (QED) is 0.461. The van der Waals surface area contributed by atoms with Crippen LogP contribution < -0.4 is 21.1 Å². The lowest BCUT2D eigenvalue weighted by molar-refractivity contribution is -0.119. The molecule has 2 aromatic rings. The molecule has 4 N–H and O–H groups in total. The summed E-state index contributed by atoms with van der Waals surface area (Å²) < 4.78 is 18.1. The molecule has 0 aliphatic rings.